The fourth-order valence-electron chi connectivity index (χ4n) is 1.23. The summed E-state index contributed by atoms with van der Waals surface area (Å²) in [6.45, 7) is 0. The second-order valence-corrected chi connectivity index (χ2v) is 3.07. The van der Waals surface area contributed by atoms with Gasteiger partial charge in [-0.15, -0.1) is 0 Å². The van der Waals surface area contributed by atoms with Gasteiger partial charge in [0.05, 0.1) is 5.56 Å². The van der Waals surface area contributed by atoms with Crippen LogP contribution in [0.3, 0.4) is 0 Å². The molecule has 0 aliphatic rings. The van der Waals surface area contributed by atoms with E-state index >= 15 is 0 Å². The third-order valence-corrected chi connectivity index (χ3v) is 1.96. The van der Waals surface area contributed by atoms with Crippen LogP contribution in [-0.2, 0) is 27.7 Å². The molecule has 16 heavy (non-hydrogen) atoms. The van der Waals surface area contributed by atoms with Gasteiger partial charge in [0, 0.05) is 0 Å². The number of ether oxygens (including phenoxy) is 1. The van der Waals surface area contributed by atoms with E-state index in [-0.39, 0.29) is 33.6 Å². The number of carbonyl (C=O) groups is 1. The minimum Gasteiger partial charge on any atom is -0.423 e. The predicted molar refractivity (Wildman–Crippen MR) is 57.8 cm³/mol. The SMILES string of the molecule is O=C(Oc1ccccc1)c1ccccc1.[Hg+2]. The molecule has 0 heterocycles. The molecule has 0 aliphatic heterocycles. The average Bonchev–Trinajstić information content (AvgIpc) is 2.31. The third kappa shape index (κ3) is 3.45. The normalized spacial score (nSPS) is 9.00. The van der Waals surface area contributed by atoms with E-state index in [4.69, 9.17) is 4.74 Å². The number of rotatable bonds is 2. The summed E-state index contributed by atoms with van der Waals surface area (Å²) in [4.78, 5) is 11.6. The molecule has 3 heteroatoms. The molecule has 0 spiro atoms. The zero-order valence-electron chi connectivity index (χ0n) is 8.80. The zero-order valence-corrected chi connectivity index (χ0v) is 14.3. The van der Waals surface area contributed by atoms with Crippen LogP contribution in [0.25, 0.3) is 0 Å². The van der Waals surface area contributed by atoms with E-state index in [1.54, 1.807) is 24.3 Å². The maximum atomic E-state index is 11.6. The number of hydrogen-bond donors (Lipinski definition) is 0. The van der Waals surface area contributed by atoms with Crippen LogP contribution >= 0.6 is 0 Å². The van der Waals surface area contributed by atoms with E-state index in [0.717, 1.165) is 0 Å². The van der Waals surface area contributed by atoms with Gasteiger partial charge in [0.2, 0.25) is 0 Å². The Labute approximate surface area is 115 Å². The average molecular weight is 399 g/mol. The van der Waals surface area contributed by atoms with Crippen LogP contribution in [0.5, 0.6) is 5.75 Å². The maximum absolute atomic E-state index is 11.6. The molecule has 2 nitrogen and oxygen atoms in total. The summed E-state index contributed by atoms with van der Waals surface area (Å²) in [5.41, 5.74) is 0.557. The molecule has 0 aromatic heterocycles. The molecule has 0 aliphatic carbocycles. The molecular formula is C13H10HgO2+2. The van der Waals surface area contributed by atoms with Crippen LogP contribution in [0.4, 0.5) is 0 Å². The molecule has 0 saturated carbocycles. The molecule has 0 atom stereocenters. The van der Waals surface area contributed by atoms with Gasteiger partial charge in [0.15, 0.2) is 0 Å². The van der Waals surface area contributed by atoms with E-state index in [1.165, 1.54) is 0 Å². The second-order valence-electron chi connectivity index (χ2n) is 3.07. The molecule has 0 bridgehead atoms. The molecule has 0 amide bonds. The van der Waals surface area contributed by atoms with Crippen LogP contribution in [0, 0.1) is 0 Å². The second kappa shape index (κ2) is 6.43. The molecule has 0 unspecified atom stereocenters. The van der Waals surface area contributed by atoms with Gasteiger partial charge in [-0.05, 0) is 24.3 Å². The molecule has 2 rings (SSSR count). The smallest absolute Gasteiger partial charge is 0.423 e. The number of para-hydroxylation sites is 1. The number of carbonyl (C=O) groups excluding carboxylic acids is 1. The Kier molecular flexibility index (Phi) is 5.19. The Morgan fingerprint density at radius 1 is 0.812 bits per heavy atom. The van der Waals surface area contributed by atoms with Crippen molar-refractivity contribution in [3.8, 4) is 5.75 Å². The Morgan fingerprint density at radius 2 is 1.31 bits per heavy atom. The Morgan fingerprint density at radius 3 is 1.88 bits per heavy atom. The summed E-state index contributed by atoms with van der Waals surface area (Å²) in [5.74, 6) is 0.230. The Hall–Kier alpha value is -1.15. The summed E-state index contributed by atoms with van der Waals surface area (Å²) < 4.78 is 5.16. The third-order valence-electron chi connectivity index (χ3n) is 1.96. The van der Waals surface area contributed by atoms with Crippen LogP contribution in [-0.4, -0.2) is 5.97 Å². The van der Waals surface area contributed by atoms with E-state index < -0.39 is 0 Å². The van der Waals surface area contributed by atoms with E-state index in [9.17, 15) is 4.79 Å². The summed E-state index contributed by atoms with van der Waals surface area (Å²) in [6.07, 6.45) is 0. The fraction of sp³-hybridized carbons (Fsp3) is 0. The van der Waals surface area contributed by atoms with Crippen molar-refractivity contribution in [3.05, 3.63) is 66.2 Å². The summed E-state index contributed by atoms with van der Waals surface area (Å²) in [5, 5.41) is 0. The van der Waals surface area contributed by atoms with E-state index in [0.29, 0.717) is 11.3 Å². The first-order valence-corrected chi connectivity index (χ1v) is 4.68. The minimum absolute atomic E-state index is 0. The van der Waals surface area contributed by atoms with Crippen molar-refractivity contribution in [2.75, 3.05) is 0 Å². The zero-order chi connectivity index (χ0) is 10.5. The predicted octanol–water partition coefficient (Wildman–Crippen LogP) is 2.90. The van der Waals surface area contributed by atoms with Gasteiger partial charge in [0.25, 0.3) is 0 Å². The molecule has 74 valence electrons. The van der Waals surface area contributed by atoms with Crippen LogP contribution in [0.15, 0.2) is 60.7 Å². The summed E-state index contributed by atoms with van der Waals surface area (Å²) >= 11 is 0. The van der Waals surface area contributed by atoms with Crippen molar-refractivity contribution in [1.82, 2.24) is 0 Å². The van der Waals surface area contributed by atoms with Crippen molar-refractivity contribution in [1.29, 1.82) is 0 Å². The topological polar surface area (TPSA) is 26.3 Å². The van der Waals surface area contributed by atoms with E-state index in [1.807, 2.05) is 36.4 Å². The first-order valence-electron chi connectivity index (χ1n) is 4.68. The van der Waals surface area contributed by atoms with Gasteiger partial charge in [-0.3, -0.25) is 0 Å². The minimum atomic E-state index is -0.332. The van der Waals surface area contributed by atoms with Gasteiger partial charge in [-0.25, -0.2) is 4.79 Å². The maximum Gasteiger partial charge on any atom is 2.00 e. The molecule has 0 N–H and O–H groups in total. The number of benzene rings is 2. The molecular weight excluding hydrogens is 389 g/mol. The van der Waals surface area contributed by atoms with Crippen LogP contribution in [0.1, 0.15) is 10.4 Å². The van der Waals surface area contributed by atoms with Gasteiger partial charge in [-0.1, -0.05) is 36.4 Å². The summed E-state index contributed by atoms with van der Waals surface area (Å²) in [7, 11) is 0. The Balaban J connectivity index is 0.00000128. The van der Waals surface area contributed by atoms with Gasteiger partial charge in [0.1, 0.15) is 5.75 Å². The molecule has 2 aromatic rings. The van der Waals surface area contributed by atoms with Crippen molar-refractivity contribution < 1.29 is 37.2 Å². The van der Waals surface area contributed by atoms with E-state index in [2.05, 4.69) is 0 Å². The van der Waals surface area contributed by atoms with Gasteiger partial charge in [-0.2, -0.15) is 0 Å². The standard InChI is InChI=1S/C13H10O2.Hg/c14-13(11-7-3-1-4-8-11)15-12-9-5-2-6-10-12;/h1-10H;/q;+2. The first kappa shape index (κ1) is 12.9. The van der Waals surface area contributed by atoms with Gasteiger partial charge >= 0.3 is 33.6 Å². The van der Waals surface area contributed by atoms with Crippen LogP contribution in [0.2, 0.25) is 0 Å². The number of esters is 1. The van der Waals surface area contributed by atoms with Crippen molar-refractivity contribution in [3.63, 3.8) is 0 Å². The fourth-order valence-corrected chi connectivity index (χ4v) is 1.23. The molecule has 2 aromatic carbocycles. The van der Waals surface area contributed by atoms with Crippen molar-refractivity contribution >= 4 is 5.97 Å². The number of hydrogen-bond acceptors (Lipinski definition) is 2. The van der Waals surface area contributed by atoms with Gasteiger partial charge < -0.3 is 4.74 Å². The van der Waals surface area contributed by atoms with Crippen molar-refractivity contribution in [2.45, 2.75) is 0 Å². The van der Waals surface area contributed by atoms with Crippen LogP contribution < -0.4 is 4.74 Å². The molecule has 0 fully saturated rings. The quantitative estimate of drug-likeness (QED) is 0.442. The molecule has 0 radical (unpaired) electrons. The van der Waals surface area contributed by atoms with Crippen molar-refractivity contribution in [2.24, 2.45) is 0 Å². The monoisotopic (exact) mass is 400 g/mol. The first-order chi connectivity index (χ1) is 7.36. The molecule has 0 saturated heterocycles. The Bertz CT molecular complexity index is 440. The largest absolute Gasteiger partial charge is 2.00 e. The summed E-state index contributed by atoms with van der Waals surface area (Å²) in [6, 6.07) is 18.0.